The normalized spacial score (nSPS) is 50.1. The van der Waals surface area contributed by atoms with Gasteiger partial charge in [-0.05, 0) is 97.7 Å². The first-order valence-electron chi connectivity index (χ1n) is 13.3. The average Bonchev–Trinajstić information content (AvgIpc) is 3.07. The van der Waals surface area contributed by atoms with Gasteiger partial charge in [-0.3, -0.25) is 4.79 Å². The van der Waals surface area contributed by atoms with Gasteiger partial charge in [0.15, 0.2) is 0 Å². The summed E-state index contributed by atoms with van der Waals surface area (Å²) in [5.41, 5.74) is 0.0312. The van der Waals surface area contributed by atoms with Gasteiger partial charge in [-0.1, -0.05) is 40.5 Å². The summed E-state index contributed by atoms with van der Waals surface area (Å²) in [7, 11) is 0. The molecule has 0 bridgehead atoms. The standard InChI is InChI=1S/C27H46O5/c1-15(6-5-7-16(2)25(31)32)19-8-9-20-24-21(10-11-26(19,20)3)27(4)17(13-22(24)29)12-18(28)14-23(27)30/h15-24,28-30H,5-14H2,1-4H3,(H,31,32)/t15-,16-,17+,18+,19-,20+,21+,22-,23-,24+,26-,27+/m1/s1. The smallest absolute Gasteiger partial charge is 0.306 e. The fraction of sp³-hybridized carbons (Fsp3) is 0.963. The van der Waals surface area contributed by atoms with Crippen LogP contribution in [0.4, 0.5) is 0 Å². The van der Waals surface area contributed by atoms with Crippen LogP contribution in [0.2, 0.25) is 0 Å². The lowest BCUT2D eigenvalue weighted by Crippen LogP contribution is -2.62. The van der Waals surface area contributed by atoms with E-state index in [4.69, 9.17) is 0 Å². The van der Waals surface area contributed by atoms with E-state index in [2.05, 4.69) is 20.8 Å². The Morgan fingerprint density at radius 1 is 0.969 bits per heavy atom. The second-order valence-corrected chi connectivity index (χ2v) is 12.7. The molecule has 184 valence electrons. The summed E-state index contributed by atoms with van der Waals surface area (Å²) >= 11 is 0. The van der Waals surface area contributed by atoms with E-state index in [0.717, 1.165) is 38.5 Å². The molecule has 4 saturated carbocycles. The van der Waals surface area contributed by atoms with Crippen LogP contribution in [0.3, 0.4) is 0 Å². The Balaban J connectivity index is 1.49. The van der Waals surface area contributed by atoms with Gasteiger partial charge in [0.05, 0.1) is 24.2 Å². The van der Waals surface area contributed by atoms with E-state index in [1.165, 1.54) is 6.42 Å². The summed E-state index contributed by atoms with van der Waals surface area (Å²) in [6.07, 6.45) is 8.03. The van der Waals surface area contributed by atoms with Crippen LogP contribution in [-0.2, 0) is 4.79 Å². The molecule has 32 heavy (non-hydrogen) atoms. The number of carbonyl (C=O) groups is 1. The molecule has 0 amide bonds. The number of carboxylic acids is 1. The maximum atomic E-state index is 11.4. The van der Waals surface area contributed by atoms with E-state index in [1.807, 2.05) is 0 Å². The second kappa shape index (κ2) is 8.85. The third kappa shape index (κ3) is 3.84. The molecule has 0 aromatic heterocycles. The maximum Gasteiger partial charge on any atom is 0.306 e. The van der Waals surface area contributed by atoms with E-state index < -0.39 is 18.2 Å². The van der Waals surface area contributed by atoms with Crippen molar-refractivity contribution < 1.29 is 25.2 Å². The van der Waals surface area contributed by atoms with Crippen LogP contribution in [0.1, 0.15) is 91.9 Å². The number of hydrogen-bond donors (Lipinski definition) is 4. The lowest BCUT2D eigenvalue weighted by molar-refractivity contribution is -0.212. The minimum Gasteiger partial charge on any atom is -0.481 e. The fourth-order valence-electron chi connectivity index (χ4n) is 9.31. The molecule has 0 saturated heterocycles. The first-order valence-corrected chi connectivity index (χ1v) is 13.3. The van der Waals surface area contributed by atoms with Crippen molar-refractivity contribution >= 4 is 5.97 Å². The molecule has 4 N–H and O–H groups in total. The largest absolute Gasteiger partial charge is 0.481 e. The highest BCUT2D eigenvalue weighted by Crippen LogP contribution is 2.68. The SMILES string of the molecule is C[C@H](CCC[C@@H](C)[C@H]1CC[C@H]2[C@@H]3[C@H](O)C[C@@H]4C[C@H](O)C[C@@H](O)[C@]4(C)[C@H]3CC[C@]12C)C(=O)O. The first kappa shape index (κ1) is 24.5. The van der Waals surface area contributed by atoms with Crippen molar-refractivity contribution in [3.05, 3.63) is 0 Å². The number of aliphatic carboxylic acids is 1. The zero-order valence-corrected chi connectivity index (χ0v) is 20.5. The van der Waals surface area contributed by atoms with Gasteiger partial charge in [0.1, 0.15) is 0 Å². The lowest BCUT2D eigenvalue weighted by atomic mass is 9.43. The Morgan fingerprint density at radius 2 is 1.69 bits per heavy atom. The molecule has 0 aliphatic heterocycles. The van der Waals surface area contributed by atoms with E-state index in [9.17, 15) is 25.2 Å². The summed E-state index contributed by atoms with van der Waals surface area (Å²) < 4.78 is 0. The van der Waals surface area contributed by atoms with Crippen LogP contribution in [-0.4, -0.2) is 44.7 Å². The molecule has 4 aliphatic carbocycles. The molecule has 4 fully saturated rings. The van der Waals surface area contributed by atoms with E-state index >= 15 is 0 Å². The predicted molar refractivity (Wildman–Crippen MR) is 124 cm³/mol. The van der Waals surface area contributed by atoms with Gasteiger partial charge >= 0.3 is 5.97 Å². The molecule has 12 atom stereocenters. The molecule has 5 heteroatoms. The van der Waals surface area contributed by atoms with Crippen molar-refractivity contribution in [3.8, 4) is 0 Å². The molecule has 4 aliphatic rings. The molecule has 0 aromatic rings. The third-order valence-electron chi connectivity index (χ3n) is 11.2. The summed E-state index contributed by atoms with van der Waals surface area (Å²) in [6, 6.07) is 0. The lowest BCUT2D eigenvalue weighted by Gasteiger charge is -2.63. The Hall–Kier alpha value is -0.650. The molecule has 0 aromatic carbocycles. The topological polar surface area (TPSA) is 98.0 Å². The summed E-state index contributed by atoms with van der Waals surface area (Å²) in [5.74, 6) is 1.53. The summed E-state index contributed by atoms with van der Waals surface area (Å²) in [5, 5.41) is 41.9. The summed E-state index contributed by atoms with van der Waals surface area (Å²) in [6.45, 7) is 8.87. The molecule has 0 unspecified atom stereocenters. The Bertz CT molecular complexity index is 696. The van der Waals surface area contributed by atoms with Gasteiger partial charge in [0, 0.05) is 0 Å². The monoisotopic (exact) mass is 450 g/mol. The number of rotatable bonds is 6. The van der Waals surface area contributed by atoms with Gasteiger partial charge < -0.3 is 20.4 Å². The van der Waals surface area contributed by atoms with E-state index in [1.54, 1.807) is 6.92 Å². The van der Waals surface area contributed by atoms with Crippen molar-refractivity contribution in [3.63, 3.8) is 0 Å². The Morgan fingerprint density at radius 3 is 2.38 bits per heavy atom. The van der Waals surface area contributed by atoms with Gasteiger partial charge in [0.2, 0.25) is 0 Å². The molecular weight excluding hydrogens is 404 g/mol. The van der Waals surface area contributed by atoms with Crippen LogP contribution in [0.25, 0.3) is 0 Å². The van der Waals surface area contributed by atoms with Gasteiger partial charge in [0.25, 0.3) is 0 Å². The van der Waals surface area contributed by atoms with Crippen molar-refractivity contribution in [1.29, 1.82) is 0 Å². The van der Waals surface area contributed by atoms with Gasteiger partial charge in [-0.25, -0.2) is 0 Å². The minimum absolute atomic E-state index is 0.193. The highest BCUT2D eigenvalue weighted by atomic mass is 16.4. The molecule has 0 radical (unpaired) electrons. The quantitative estimate of drug-likeness (QED) is 0.478. The highest BCUT2D eigenvalue weighted by Gasteiger charge is 2.64. The van der Waals surface area contributed by atoms with Crippen LogP contribution in [0, 0.1) is 52.3 Å². The van der Waals surface area contributed by atoms with E-state index in [0.29, 0.717) is 42.9 Å². The molecule has 0 spiro atoms. The molecule has 5 nitrogen and oxygen atoms in total. The van der Waals surface area contributed by atoms with Crippen molar-refractivity contribution in [2.24, 2.45) is 52.3 Å². The fourth-order valence-corrected chi connectivity index (χ4v) is 9.31. The zero-order valence-electron chi connectivity index (χ0n) is 20.5. The number of hydrogen-bond acceptors (Lipinski definition) is 4. The van der Waals surface area contributed by atoms with Crippen molar-refractivity contribution in [1.82, 2.24) is 0 Å². The maximum absolute atomic E-state index is 11.4. The molecule has 4 rings (SSSR count). The van der Waals surface area contributed by atoms with Gasteiger partial charge in [-0.2, -0.15) is 0 Å². The minimum atomic E-state index is -0.695. The molecular formula is C27H46O5. The second-order valence-electron chi connectivity index (χ2n) is 12.7. The Labute approximate surface area is 194 Å². The highest BCUT2D eigenvalue weighted by molar-refractivity contribution is 5.69. The zero-order chi connectivity index (χ0) is 23.4. The van der Waals surface area contributed by atoms with Crippen LogP contribution in [0.15, 0.2) is 0 Å². The first-order chi connectivity index (χ1) is 15.0. The predicted octanol–water partition coefficient (Wildman–Crippen LogP) is 4.47. The van der Waals surface area contributed by atoms with E-state index in [-0.39, 0.29) is 34.7 Å². The number of fused-ring (bicyclic) bond motifs is 5. The third-order valence-corrected chi connectivity index (χ3v) is 11.2. The van der Waals surface area contributed by atoms with Crippen LogP contribution in [0.5, 0.6) is 0 Å². The van der Waals surface area contributed by atoms with Crippen LogP contribution < -0.4 is 0 Å². The number of aliphatic hydroxyl groups excluding tert-OH is 3. The number of aliphatic hydroxyl groups is 3. The average molecular weight is 451 g/mol. The summed E-state index contributed by atoms with van der Waals surface area (Å²) in [4.78, 5) is 11.1. The Kier molecular flexibility index (Phi) is 6.77. The van der Waals surface area contributed by atoms with Crippen LogP contribution >= 0.6 is 0 Å². The molecule has 0 heterocycles. The number of carboxylic acid groups (broad SMARTS) is 1. The van der Waals surface area contributed by atoms with Crippen molar-refractivity contribution in [2.45, 2.75) is 110 Å². The van der Waals surface area contributed by atoms with Crippen molar-refractivity contribution in [2.75, 3.05) is 0 Å². The van der Waals surface area contributed by atoms with Gasteiger partial charge in [-0.15, -0.1) is 0 Å².